The minimum absolute atomic E-state index is 0.0148. The Balaban J connectivity index is 1.44. The number of nitrogens with two attached hydrogens (primary N) is 1. The molecule has 0 bridgehead atoms. The summed E-state index contributed by atoms with van der Waals surface area (Å²) in [6, 6.07) is 11.0. The molecule has 1 atom stereocenters. The third-order valence-corrected chi connectivity index (χ3v) is 4.98. The van der Waals surface area contributed by atoms with E-state index in [2.05, 4.69) is 14.7 Å². The van der Waals surface area contributed by atoms with Gasteiger partial charge in [-0.1, -0.05) is 11.2 Å². The van der Waals surface area contributed by atoms with E-state index in [0.717, 1.165) is 23.8 Å². The van der Waals surface area contributed by atoms with Gasteiger partial charge in [0.25, 0.3) is 13.6 Å². The summed E-state index contributed by atoms with van der Waals surface area (Å²) in [5, 5.41) is 4.01. The van der Waals surface area contributed by atoms with Crippen LogP contribution in [0.25, 0.3) is 11.3 Å². The Labute approximate surface area is 191 Å². The first-order valence-corrected chi connectivity index (χ1v) is 11.2. The molecular weight excluding hydrogens is 473 g/mol. The van der Waals surface area contributed by atoms with Gasteiger partial charge in [-0.3, -0.25) is 14.8 Å². The second-order valence-electron chi connectivity index (χ2n) is 7.07. The average Bonchev–Trinajstić information content (AvgIpc) is 3.21. The summed E-state index contributed by atoms with van der Waals surface area (Å²) in [5.41, 5.74) is 7.81. The second-order valence-corrected chi connectivity index (χ2v) is 8.27. The van der Waals surface area contributed by atoms with Gasteiger partial charge >= 0.3 is 0 Å². The van der Waals surface area contributed by atoms with Gasteiger partial charge in [-0.05, 0) is 17.7 Å². The summed E-state index contributed by atoms with van der Waals surface area (Å²) in [7, 11) is -4.91. The maximum Gasteiger partial charge on any atom is 0.285 e. The van der Waals surface area contributed by atoms with Crippen LogP contribution in [-0.4, -0.2) is 15.0 Å². The fraction of sp³-hybridized carbons (Fsp3) is 0.0952. The minimum Gasteiger partial charge on any atom is -0.756 e. The molecule has 0 radical (unpaired) electrons. The van der Waals surface area contributed by atoms with Crippen LogP contribution in [0, 0.1) is 11.6 Å². The Morgan fingerprint density at radius 1 is 1.18 bits per heavy atom. The monoisotopic (exact) mass is 490 g/mol. The number of benzene rings is 1. The molecule has 0 amide bonds. The number of hydrogen-bond acceptors (Lipinski definition) is 8. The lowest BCUT2D eigenvalue weighted by atomic mass is 10.1. The summed E-state index contributed by atoms with van der Waals surface area (Å²) in [5.74, 6) is -0.913. The molecular formula is C21H17F2N4O6P. The van der Waals surface area contributed by atoms with Crippen molar-refractivity contribution in [2.75, 3.05) is 5.73 Å². The van der Waals surface area contributed by atoms with Crippen molar-refractivity contribution in [3.63, 3.8) is 0 Å². The van der Waals surface area contributed by atoms with E-state index >= 15 is 0 Å². The number of phosphoric acid groups is 1. The number of phosphoric ester groups is 1. The van der Waals surface area contributed by atoms with E-state index in [0.29, 0.717) is 23.4 Å². The zero-order valence-corrected chi connectivity index (χ0v) is 18.2. The smallest absolute Gasteiger partial charge is 0.285 e. The molecule has 0 saturated heterocycles. The number of nitrogens with zero attached hydrogens (tertiary/aromatic N) is 3. The van der Waals surface area contributed by atoms with Crippen molar-refractivity contribution in [3.8, 4) is 23.0 Å². The minimum atomic E-state index is -4.91. The first kappa shape index (κ1) is 23.5. The van der Waals surface area contributed by atoms with E-state index in [1.54, 1.807) is 30.3 Å². The molecule has 4 rings (SSSR count). The zero-order chi connectivity index (χ0) is 24.3. The van der Waals surface area contributed by atoms with Gasteiger partial charge in [0.05, 0.1) is 11.9 Å². The molecule has 0 saturated carbocycles. The number of anilines is 1. The van der Waals surface area contributed by atoms with Crippen molar-refractivity contribution < 1.29 is 41.5 Å². The molecule has 176 valence electrons. The first-order valence-electron chi connectivity index (χ1n) is 9.67. The predicted molar refractivity (Wildman–Crippen MR) is 111 cm³/mol. The van der Waals surface area contributed by atoms with Crippen LogP contribution < -0.4 is 19.9 Å². The fourth-order valence-electron chi connectivity index (χ4n) is 3.03. The Kier molecular flexibility index (Phi) is 6.66. The Hall–Kier alpha value is -3.70. The van der Waals surface area contributed by atoms with Crippen LogP contribution in [0.3, 0.4) is 0 Å². The first-order chi connectivity index (χ1) is 16.2. The van der Waals surface area contributed by atoms with Crippen molar-refractivity contribution in [3.05, 3.63) is 83.8 Å². The Bertz CT molecular complexity index is 1340. The number of nitrogen functional groups attached to an aromatic ring is 1. The standard InChI is InChI=1S/C21H17F2N4O6P/c22-14-7-15(23)9-17(8-14)32-20-4-3-13(11-25-20)6-16-10-19(33-26-16)18-2-1-5-27(21(18)24)12-31-34(28,29)30/h1-5,7-11,24H,6,12H2,(H2,28,29,30). The molecule has 0 aliphatic carbocycles. The highest BCUT2D eigenvalue weighted by molar-refractivity contribution is 7.44. The van der Waals surface area contributed by atoms with Crippen molar-refractivity contribution in [2.24, 2.45) is 0 Å². The second kappa shape index (κ2) is 9.65. The lowest BCUT2D eigenvalue weighted by Crippen LogP contribution is -2.38. The zero-order valence-electron chi connectivity index (χ0n) is 17.3. The highest BCUT2D eigenvalue weighted by Crippen LogP contribution is 2.30. The van der Waals surface area contributed by atoms with E-state index in [-0.39, 0.29) is 17.4 Å². The van der Waals surface area contributed by atoms with Crippen LogP contribution in [0.4, 0.5) is 14.6 Å². The van der Waals surface area contributed by atoms with Gasteiger partial charge in [0, 0.05) is 42.9 Å². The van der Waals surface area contributed by atoms with Crippen LogP contribution in [-0.2, 0) is 22.2 Å². The molecule has 1 aromatic carbocycles. The highest BCUT2D eigenvalue weighted by Gasteiger charge is 2.18. The molecule has 3 heterocycles. The number of pyridine rings is 2. The van der Waals surface area contributed by atoms with Gasteiger partial charge in [-0.2, -0.15) is 0 Å². The number of halogens is 2. The van der Waals surface area contributed by atoms with Crippen molar-refractivity contribution in [1.29, 1.82) is 0 Å². The molecule has 3 aromatic heterocycles. The number of aromatic nitrogens is 3. The summed E-state index contributed by atoms with van der Waals surface area (Å²) in [6.45, 7) is -0.514. The highest BCUT2D eigenvalue weighted by atomic mass is 31.2. The van der Waals surface area contributed by atoms with Crippen LogP contribution in [0.1, 0.15) is 11.3 Å². The van der Waals surface area contributed by atoms with Crippen LogP contribution >= 0.6 is 7.82 Å². The van der Waals surface area contributed by atoms with Gasteiger partial charge < -0.3 is 19.0 Å². The summed E-state index contributed by atoms with van der Waals surface area (Å²) in [4.78, 5) is 23.7. The van der Waals surface area contributed by atoms with E-state index in [1.165, 1.54) is 17.0 Å². The van der Waals surface area contributed by atoms with Crippen molar-refractivity contribution in [1.82, 2.24) is 10.1 Å². The number of hydrogen-bond donors (Lipinski definition) is 2. The lowest BCUT2D eigenvalue weighted by molar-refractivity contribution is -0.712. The molecule has 34 heavy (non-hydrogen) atoms. The molecule has 0 aliphatic heterocycles. The van der Waals surface area contributed by atoms with Gasteiger partial charge in [0.15, 0.2) is 12.5 Å². The third-order valence-electron chi connectivity index (χ3n) is 4.54. The van der Waals surface area contributed by atoms with Gasteiger partial charge in [-0.25, -0.2) is 18.3 Å². The molecule has 3 N–H and O–H groups in total. The van der Waals surface area contributed by atoms with Crippen LogP contribution in [0.15, 0.2) is 65.4 Å². The Morgan fingerprint density at radius 2 is 1.94 bits per heavy atom. The summed E-state index contributed by atoms with van der Waals surface area (Å²) in [6.07, 6.45) is 3.35. The lowest BCUT2D eigenvalue weighted by Gasteiger charge is -2.14. The average molecular weight is 490 g/mol. The summed E-state index contributed by atoms with van der Waals surface area (Å²) >= 11 is 0. The molecule has 0 fully saturated rings. The predicted octanol–water partition coefficient (Wildman–Crippen LogP) is 2.70. The quantitative estimate of drug-likeness (QED) is 0.281. The van der Waals surface area contributed by atoms with Crippen LogP contribution in [0.5, 0.6) is 11.6 Å². The number of rotatable bonds is 8. The maximum absolute atomic E-state index is 13.3. The van der Waals surface area contributed by atoms with Gasteiger partial charge in [0.1, 0.15) is 22.9 Å². The van der Waals surface area contributed by atoms with Crippen molar-refractivity contribution in [2.45, 2.75) is 13.2 Å². The molecule has 13 heteroatoms. The van der Waals surface area contributed by atoms with E-state index in [4.69, 9.17) is 19.9 Å². The van der Waals surface area contributed by atoms with Gasteiger partial charge in [-0.15, -0.1) is 0 Å². The normalized spacial score (nSPS) is 12.9. The third kappa shape index (κ3) is 6.00. The largest absolute Gasteiger partial charge is 0.756 e. The SMILES string of the molecule is Nc1c(-c2cc(Cc3ccc(Oc4cc(F)cc(F)c4)nc3)no2)ccc[n+]1COP(=O)([O-])O. The fourth-order valence-corrected chi connectivity index (χ4v) is 3.31. The van der Waals surface area contributed by atoms with Gasteiger partial charge in [0.2, 0.25) is 5.88 Å². The van der Waals surface area contributed by atoms with E-state index < -0.39 is 26.2 Å². The van der Waals surface area contributed by atoms with E-state index in [1.807, 2.05) is 0 Å². The maximum atomic E-state index is 13.3. The molecule has 0 aliphatic rings. The molecule has 0 spiro atoms. The molecule has 4 aromatic rings. The van der Waals surface area contributed by atoms with Crippen molar-refractivity contribution >= 4 is 13.6 Å². The topological polar surface area (TPSA) is 148 Å². The van der Waals surface area contributed by atoms with E-state index in [9.17, 15) is 18.2 Å². The van der Waals surface area contributed by atoms with Crippen LogP contribution in [0.2, 0.25) is 0 Å². The summed E-state index contributed by atoms with van der Waals surface area (Å²) < 4.78 is 53.8. The number of ether oxygens (including phenoxy) is 1. The molecule has 1 unspecified atom stereocenters. The molecule has 10 nitrogen and oxygen atoms in total. The Morgan fingerprint density at radius 3 is 2.62 bits per heavy atom.